The summed E-state index contributed by atoms with van der Waals surface area (Å²) < 4.78 is 1.93. The van der Waals surface area contributed by atoms with E-state index in [9.17, 15) is 10.1 Å². The molecule has 0 aliphatic rings. The van der Waals surface area contributed by atoms with Crippen LogP contribution in [0.3, 0.4) is 0 Å². The number of aryl methyl sites for hydroxylation is 1. The maximum atomic E-state index is 12.7. The summed E-state index contributed by atoms with van der Waals surface area (Å²) in [6.45, 7) is 2.49. The zero-order valence-electron chi connectivity index (χ0n) is 12.5. The summed E-state index contributed by atoms with van der Waals surface area (Å²) in [7, 11) is 0. The quantitative estimate of drug-likeness (QED) is 0.676. The molecule has 0 amide bonds. The Bertz CT molecular complexity index is 861. The van der Waals surface area contributed by atoms with Crippen molar-refractivity contribution in [3.05, 3.63) is 70.2 Å². The fraction of sp³-hybridized carbons (Fsp3) is 0.176. The fourth-order valence-electron chi connectivity index (χ4n) is 2.31. The van der Waals surface area contributed by atoms with Crippen molar-refractivity contribution in [2.45, 2.75) is 19.4 Å². The third kappa shape index (κ3) is 3.35. The molecule has 3 aromatic rings. The number of aromatic nitrogens is 3. The molecular weight excluding hydrogens is 308 g/mol. The van der Waals surface area contributed by atoms with Gasteiger partial charge in [0.15, 0.2) is 11.7 Å². The van der Waals surface area contributed by atoms with E-state index in [0.29, 0.717) is 17.1 Å². The molecule has 0 bridgehead atoms. The SMILES string of the molecule is Cc1csc([C@@H](C#N)C(=O)c2cccc(Cn3ccnc3)c2)n1. The van der Waals surface area contributed by atoms with Crippen LogP contribution >= 0.6 is 11.3 Å². The van der Waals surface area contributed by atoms with Crippen molar-refractivity contribution in [1.29, 1.82) is 5.26 Å². The zero-order chi connectivity index (χ0) is 16.2. The van der Waals surface area contributed by atoms with E-state index in [1.54, 1.807) is 18.6 Å². The van der Waals surface area contributed by atoms with E-state index in [0.717, 1.165) is 11.3 Å². The number of hydrogen-bond donors (Lipinski definition) is 0. The number of rotatable bonds is 5. The lowest BCUT2D eigenvalue weighted by Gasteiger charge is -2.08. The molecule has 114 valence electrons. The molecule has 0 N–H and O–H groups in total. The molecule has 6 heteroatoms. The molecule has 2 heterocycles. The average molecular weight is 322 g/mol. The van der Waals surface area contributed by atoms with Gasteiger partial charge in [-0.3, -0.25) is 4.79 Å². The number of carbonyl (C=O) groups excluding carboxylic acids is 1. The summed E-state index contributed by atoms with van der Waals surface area (Å²) >= 11 is 1.35. The molecule has 23 heavy (non-hydrogen) atoms. The standard InChI is InChI=1S/C17H14N4OS/c1-12-10-23-17(20-12)15(8-18)16(22)14-4-2-3-13(7-14)9-21-6-5-19-11-21/h2-7,10-11,15H,9H2,1H3/t15-/m0/s1. The molecule has 2 aromatic heterocycles. The van der Waals surface area contributed by atoms with Gasteiger partial charge in [0, 0.05) is 35.6 Å². The molecule has 1 atom stereocenters. The fourth-order valence-corrected chi connectivity index (χ4v) is 3.15. The summed E-state index contributed by atoms with van der Waals surface area (Å²) in [5.74, 6) is -1.06. The van der Waals surface area contributed by atoms with Gasteiger partial charge in [-0.15, -0.1) is 11.3 Å². The Morgan fingerprint density at radius 1 is 1.48 bits per heavy atom. The van der Waals surface area contributed by atoms with E-state index < -0.39 is 5.92 Å². The summed E-state index contributed by atoms with van der Waals surface area (Å²) in [6.07, 6.45) is 5.31. The van der Waals surface area contributed by atoms with Gasteiger partial charge in [-0.1, -0.05) is 18.2 Å². The highest BCUT2D eigenvalue weighted by molar-refractivity contribution is 7.10. The first kappa shape index (κ1) is 15.1. The summed E-state index contributed by atoms with van der Waals surface area (Å²) in [4.78, 5) is 20.9. The number of Topliss-reactive ketones (excluding diaryl/α,β-unsaturated/α-hetero) is 1. The van der Waals surface area contributed by atoms with Gasteiger partial charge in [0.1, 0.15) is 5.01 Å². The normalized spacial score (nSPS) is 11.8. The molecule has 3 rings (SSSR count). The van der Waals surface area contributed by atoms with Gasteiger partial charge in [0.2, 0.25) is 0 Å². The van der Waals surface area contributed by atoms with Crippen molar-refractivity contribution in [3.8, 4) is 6.07 Å². The zero-order valence-corrected chi connectivity index (χ0v) is 13.3. The van der Waals surface area contributed by atoms with Gasteiger partial charge in [0.25, 0.3) is 0 Å². The summed E-state index contributed by atoms with van der Waals surface area (Å²) in [5, 5.41) is 11.8. The minimum absolute atomic E-state index is 0.214. The van der Waals surface area contributed by atoms with Crippen molar-refractivity contribution < 1.29 is 4.79 Å². The van der Waals surface area contributed by atoms with Crippen LogP contribution in [-0.4, -0.2) is 20.3 Å². The van der Waals surface area contributed by atoms with Crippen LogP contribution in [0.4, 0.5) is 0 Å². The molecular formula is C17H14N4OS. The molecule has 0 spiro atoms. The molecule has 0 radical (unpaired) electrons. The number of thiazole rings is 1. The second kappa shape index (κ2) is 6.55. The lowest BCUT2D eigenvalue weighted by atomic mass is 9.98. The predicted octanol–water partition coefficient (Wildman–Crippen LogP) is 3.19. The van der Waals surface area contributed by atoms with Crippen LogP contribution in [-0.2, 0) is 6.54 Å². The second-order valence-electron chi connectivity index (χ2n) is 5.19. The minimum Gasteiger partial charge on any atom is -0.333 e. The Kier molecular flexibility index (Phi) is 4.31. The first-order valence-electron chi connectivity index (χ1n) is 7.08. The van der Waals surface area contributed by atoms with E-state index in [1.807, 2.05) is 41.3 Å². The van der Waals surface area contributed by atoms with Crippen molar-refractivity contribution in [2.75, 3.05) is 0 Å². The molecule has 0 unspecified atom stereocenters. The van der Waals surface area contributed by atoms with E-state index >= 15 is 0 Å². The minimum atomic E-state index is -0.850. The van der Waals surface area contributed by atoms with Gasteiger partial charge in [-0.2, -0.15) is 5.26 Å². The van der Waals surface area contributed by atoms with Gasteiger partial charge >= 0.3 is 0 Å². The molecule has 5 nitrogen and oxygen atoms in total. The van der Waals surface area contributed by atoms with Crippen LogP contribution in [0.1, 0.15) is 32.5 Å². The monoisotopic (exact) mass is 322 g/mol. The van der Waals surface area contributed by atoms with Gasteiger partial charge in [-0.25, -0.2) is 9.97 Å². The average Bonchev–Trinajstić information content (AvgIpc) is 3.20. The number of nitriles is 1. The first-order valence-corrected chi connectivity index (χ1v) is 7.96. The second-order valence-corrected chi connectivity index (χ2v) is 6.08. The van der Waals surface area contributed by atoms with Crippen LogP contribution in [0, 0.1) is 18.3 Å². The largest absolute Gasteiger partial charge is 0.333 e. The number of hydrogen-bond acceptors (Lipinski definition) is 5. The number of carbonyl (C=O) groups is 1. The van der Waals surface area contributed by atoms with E-state index in [4.69, 9.17) is 0 Å². The molecule has 0 aliphatic carbocycles. The topological polar surface area (TPSA) is 71.6 Å². The van der Waals surface area contributed by atoms with Crippen molar-refractivity contribution in [1.82, 2.24) is 14.5 Å². The summed E-state index contributed by atoms with van der Waals surface area (Å²) in [6, 6.07) is 9.43. The number of ketones is 1. The number of benzene rings is 1. The van der Waals surface area contributed by atoms with E-state index in [1.165, 1.54) is 11.3 Å². The van der Waals surface area contributed by atoms with Crippen molar-refractivity contribution in [3.63, 3.8) is 0 Å². The van der Waals surface area contributed by atoms with Crippen LogP contribution in [0.25, 0.3) is 0 Å². The highest BCUT2D eigenvalue weighted by atomic mass is 32.1. The third-order valence-electron chi connectivity index (χ3n) is 3.41. The Morgan fingerprint density at radius 3 is 3.00 bits per heavy atom. The molecule has 0 aliphatic heterocycles. The maximum Gasteiger partial charge on any atom is 0.186 e. The maximum absolute atomic E-state index is 12.7. The number of imidazole rings is 1. The van der Waals surface area contributed by atoms with Crippen molar-refractivity contribution >= 4 is 17.1 Å². The highest BCUT2D eigenvalue weighted by Gasteiger charge is 2.24. The number of nitrogens with zero attached hydrogens (tertiary/aromatic N) is 4. The van der Waals surface area contributed by atoms with Crippen LogP contribution in [0.5, 0.6) is 0 Å². The Hall–Kier alpha value is -2.78. The Morgan fingerprint density at radius 2 is 2.35 bits per heavy atom. The van der Waals surface area contributed by atoms with Crippen molar-refractivity contribution in [2.24, 2.45) is 0 Å². The Labute approximate surface area is 137 Å². The lowest BCUT2D eigenvalue weighted by molar-refractivity contribution is 0.0978. The smallest absolute Gasteiger partial charge is 0.186 e. The van der Waals surface area contributed by atoms with Gasteiger partial charge in [0.05, 0.1) is 12.4 Å². The molecule has 1 aromatic carbocycles. The third-order valence-corrected chi connectivity index (χ3v) is 4.44. The Balaban J connectivity index is 1.85. The van der Waals surface area contributed by atoms with E-state index in [2.05, 4.69) is 16.0 Å². The van der Waals surface area contributed by atoms with Gasteiger partial charge in [-0.05, 0) is 18.6 Å². The van der Waals surface area contributed by atoms with E-state index in [-0.39, 0.29) is 5.78 Å². The highest BCUT2D eigenvalue weighted by Crippen LogP contribution is 2.24. The van der Waals surface area contributed by atoms with Gasteiger partial charge < -0.3 is 4.57 Å². The molecule has 0 saturated carbocycles. The van der Waals surface area contributed by atoms with Crippen LogP contribution < -0.4 is 0 Å². The predicted molar refractivity (Wildman–Crippen MR) is 87.3 cm³/mol. The van der Waals surface area contributed by atoms with Crippen LogP contribution in [0.2, 0.25) is 0 Å². The summed E-state index contributed by atoms with van der Waals surface area (Å²) in [5.41, 5.74) is 2.34. The molecule has 0 fully saturated rings. The van der Waals surface area contributed by atoms with Crippen LogP contribution in [0.15, 0.2) is 48.4 Å². The molecule has 0 saturated heterocycles. The lowest BCUT2D eigenvalue weighted by Crippen LogP contribution is -2.11. The first-order chi connectivity index (χ1) is 11.2.